The van der Waals surface area contributed by atoms with Gasteiger partial charge in [-0.15, -0.1) is 0 Å². The molecule has 0 unspecified atom stereocenters. The van der Waals surface area contributed by atoms with Crippen molar-refractivity contribution in [2.75, 3.05) is 55.9 Å². The highest BCUT2D eigenvalue weighted by molar-refractivity contribution is 5.99. The number of hydrogen-bond donors (Lipinski definition) is 3. The Morgan fingerprint density at radius 1 is 0.923 bits per heavy atom. The minimum atomic E-state index is -0.135. The first-order chi connectivity index (χ1) is 18.9. The molecule has 0 atom stereocenters. The number of fused-ring (bicyclic) bond motifs is 1. The number of amides is 1. The number of hydrogen-bond acceptors (Lipinski definition) is 7. The summed E-state index contributed by atoms with van der Waals surface area (Å²) in [5, 5.41) is 11.8. The predicted molar refractivity (Wildman–Crippen MR) is 158 cm³/mol. The van der Waals surface area contributed by atoms with Gasteiger partial charge in [-0.05, 0) is 60.2 Å². The molecular weight excluding hydrogens is 490 g/mol. The van der Waals surface area contributed by atoms with Gasteiger partial charge in [0.1, 0.15) is 5.75 Å². The van der Waals surface area contributed by atoms with Crippen molar-refractivity contribution >= 4 is 39.5 Å². The lowest BCUT2D eigenvalue weighted by atomic mass is 10.0. The van der Waals surface area contributed by atoms with Gasteiger partial charge in [0.25, 0.3) is 0 Å². The molecule has 39 heavy (non-hydrogen) atoms. The molecule has 0 saturated heterocycles. The Balaban J connectivity index is 1.26. The van der Waals surface area contributed by atoms with Crippen molar-refractivity contribution in [3.8, 4) is 5.75 Å². The maximum absolute atomic E-state index is 12.8. The van der Waals surface area contributed by atoms with Gasteiger partial charge >= 0.3 is 0 Å². The Hall–Kier alpha value is -4.43. The molecule has 3 N–H and O–H groups in total. The van der Waals surface area contributed by atoms with Gasteiger partial charge in [-0.2, -0.15) is 0 Å². The van der Waals surface area contributed by atoms with E-state index in [-0.39, 0.29) is 18.2 Å². The molecule has 4 aromatic rings. The monoisotopic (exact) mass is 525 g/mol. The summed E-state index contributed by atoms with van der Waals surface area (Å²) in [5.74, 6) is 0.568. The predicted octanol–water partition coefficient (Wildman–Crippen LogP) is 4.77. The number of ether oxygens (including phenoxy) is 1. The second-order valence-corrected chi connectivity index (χ2v) is 9.37. The van der Waals surface area contributed by atoms with E-state index in [0.29, 0.717) is 17.0 Å². The normalized spacial score (nSPS) is 10.7. The van der Waals surface area contributed by atoms with Gasteiger partial charge in [-0.1, -0.05) is 24.3 Å². The fourth-order valence-electron chi connectivity index (χ4n) is 4.28. The molecule has 0 bridgehead atoms. The van der Waals surface area contributed by atoms with Crippen molar-refractivity contribution in [3.05, 3.63) is 90.3 Å². The number of carbonyl (C=O) groups is 2. The largest absolute Gasteiger partial charge is 0.495 e. The van der Waals surface area contributed by atoms with Crippen LogP contribution in [0.2, 0.25) is 0 Å². The topological polar surface area (TPSA) is 95.6 Å². The quantitative estimate of drug-likeness (QED) is 0.171. The first-order valence-corrected chi connectivity index (χ1v) is 13.0. The molecule has 0 aliphatic rings. The molecule has 1 aromatic heterocycles. The van der Waals surface area contributed by atoms with Crippen LogP contribution in [0.3, 0.4) is 0 Å². The van der Waals surface area contributed by atoms with Crippen molar-refractivity contribution in [2.24, 2.45) is 0 Å². The molecule has 8 heteroatoms. The summed E-state index contributed by atoms with van der Waals surface area (Å²) in [5.41, 5.74) is 4.21. The van der Waals surface area contributed by atoms with Crippen LogP contribution in [-0.4, -0.2) is 57.0 Å². The Morgan fingerprint density at radius 3 is 2.51 bits per heavy atom. The summed E-state index contributed by atoms with van der Waals surface area (Å²) < 4.78 is 5.54. The number of Topliss-reactive ketones (excluding diaryl/α,β-unsaturated/α-hetero) is 1. The summed E-state index contributed by atoms with van der Waals surface area (Å²) >= 11 is 0. The Kier molecular flexibility index (Phi) is 9.48. The number of benzene rings is 3. The van der Waals surface area contributed by atoms with Crippen molar-refractivity contribution in [3.63, 3.8) is 0 Å². The van der Waals surface area contributed by atoms with E-state index in [4.69, 9.17) is 4.74 Å². The molecule has 1 heterocycles. The lowest BCUT2D eigenvalue weighted by Crippen LogP contribution is -2.30. The number of aromatic nitrogens is 1. The molecule has 8 nitrogen and oxygen atoms in total. The Labute approximate surface area is 229 Å². The van der Waals surface area contributed by atoms with E-state index in [1.807, 2.05) is 90.9 Å². The van der Waals surface area contributed by atoms with Crippen LogP contribution in [0.25, 0.3) is 10.8 Å². The van der Waals surface area contributed by atoms with Gasteiger partial charge in [-0.3, -0.25) is 14.6 Å². The first-order valence-electron chi connectivity index (χ1n) is 13.0. The summed E-state index contributed by atoms with van der Waals surface area (Å²) in [6, 6.07) is 23.1. The second kappa shape index (κ2) is 13.4. The van der Waals surface area contributed by atoms with Gasteiger partial charge < -0.3 is 25.6 Å². The van der Waals surface area contributed by atoms with Crippen LogP contribution in [0.4, 0.5) is 17.1 Å². The van der Waals surface area contributed by atoms with Gasteiger partial charge in [0, 0.05) is 68.0 Å². The van der Waals surface area contributed by atoms with E-state index in [9.17, 15) is 9.59 Å². The van der Waals surface area contributed by atoms with E-state index in [1.54, 1.807) is 14.0 Å². The Bertz CT molecular complexity index is 1420. The first kappa shape index (κ1) is 27.6. The number of carbonyl (C=O) groups excluding carboxylic acids is 2. The zero-order chi connectivity index (χ0) is 27.6. The number of nitrogens with one attached hydrogen (secondary N) is 3. The van der Waals surface area contributed by atoms with E-state index in [2.05, 4.69) is 20.9 Å². The number of methoxy groups -OCH3 is 1. The van der Waals surface area contributed by atoms with Crippen LogP contribution < -0.4 is 25.6 Å². The molecule has 0 saturated carbocycles. The molecule has 3 aromatic carbocycles. The zero-order valence-electron chi connectivity index (χ0n) is 22.7. The number of rotatable bonds is 13. The summed E-state index contributed by atoms with van der Waals surface area (Å²) in [4.78, 5) is 30.6. The summed E-state index contributed by atoms with van der Waals surface area (Å²) in [7, 11) is 3.49. The molecule has 0 spiro atoms. The fraction of sp³-hybridized carbons (Fsp3) is 0.258. The third kappa shape index (κ3) is 7.78. The average Bonchev–Trinajstić information content (AvgIpc) is 2.95. The van der Waals surface area contributed by atoms with Crippen molar-refractivity contribution < 1.29 is 14.3 Å². The summed E-state index contributed by atoms with van der Waals surface area (Å²) in [6.45, 7) is 4.13. The van der Waals surface area contributed by atoms with Crippen molar-refractivity contribution in [1.29, 1.82) is 0 Å². The van der Waals surface area contributed by atoms with E-state index in [1.165, 1.54) is 0 Å². The molecule has 4 rings (SSSR count). The van der Waals surface area contributed by atoms with E-state index >= 15 is 0 Å². The molecule has 0 aliphatic heterocycles. The molecule has 202 valence electrons. The highest BCUT2D eigenvalue weighted by Crippen LogP contribution is 2.28. The minimum Gasteiger partial charge on any atom is -0.495 e. The molecule has 0 fully saturated rings. The van der Waals surface area contributed by atoms with Gasteiger partial charge in [-0.25, -0.2) is 0 Å². The molecule has 0 radical (unpaired) electrons. The fourth-order valence-corrected chi connectivity index (χ4v) is 4.28. The van der Waals surface area contributed by atoms with Crippen LogP contribution in [0.5, 0.6) is 5.75 Å². The lowest BCUT2D eigenvalue weighted by molar-refractivity contribution is -0.114. The molecular formula is C31H35N5O3. The van der Waals surface area contributed by atoms with Gasteiger partial charge in [0.05, 0.1) is 19.3 Å². The number of ketones is 1. The minimum absolute atomic E-state index is 0.0414. The third-order valence-electron chi connectivity index (χ3n) is 6.44. The summed E-state index contributed by atoms with van der Waals surface area (Å²) in [6.07, 6.45) is 2.70. The maximum atomic E-state index is 12.8. The lowest BCUT2D eigenvalue weighted by Gasteiger charge is -2.20. The second-order valence-electron chi connectivity index (χ2n) is 9.37. The van der Waals surface area contributed by atoms with E-state index in [0.717, 1.165) is 53.9 Å². The van der Waals surface area contributed by atoms with Crippen LogP contribution >= 0.6 is 0 Å². The smallest absolute Gasteiger partial charge is 0.243 e. The maximum Gasteiger partial charge on any atom is 0.243 e. The zero-order valence-corrected chi connectivity index (χ0v) is 22.7. The van der Waals surface area contributed by atoms with Gasteiger partial charge in [0.2, 0.25) is 5.91 Å². The van der Waals surface area contributed by atoms with Crippen molar-refractivity contribution in [2.45, 2.75) is 13.3 Å². The number of likely N-dealkylation sites (N-methyl/N-ethyl adjacent to an activating group) is 1. The molecule has 1 amide bonds. The van der Waals surface area contributed by atoms with Crippen LogP contribution in [0.15, 0.2) is 79.0 Å². The third-order valence-corrected chi connectivity index (χ3v) is 6.44. The van der Waals surface area contributed by atoms with Gasteiger partial charge in [0.15, 0.2) is 5.78 Å². The highest BCUT2D eigenvalue weighted by Gasteiger charge is 2.11. The number of pyridine rings is 1. The highest BCUT2D eigenvalue weighted by atomic mass is 16.5. The SMILES string of the molecule is COc1cc(NC(=O)CN(C)c2ccc3cc(C(C)=O)ccc3c2)ccc1NCCNCCc1ccccn1. The number of nitrogens with zero attached hydrogens (tertiary/aromatic N) is 2. The van der Waals surface area contributed by atoms with Crippen LogP contribution in [0.1, 0.15) is 23.0 Å². The average molecular weight is 526 g/mol. The number of anilines is 3. The van der Waals surface area contributed by atoms with Crippen LogP contribution in [-0.2, 0) is 11.2 Å². The van der Waals surface area contributed by atoms with Crippen molar-refractivity contribution in [1.82, 2.24) is 10.3 Å². The van der Waals surface area contributed by atoms with Crippen LogP contribution in [0, 0.1) is 0 Å². The standard InChI is InChI=1S/C31H35N5O3/c1-22(37)23-7-8-25-19-28(11-9-24(25)18-23)36(2)21-31(38)35-27-10-12-29(30(20-27)39-3)34-17-16-32-15-13-26-6-4-5-14-33-26/h4-12,14,18-20,32,34H,13,15-17,21H2,1-3H3,(H,35,38). The van der Waals surface area contributed by atoms with E-state index < -0.39 is 0 Å². The molecule has 0 aliphatic carbocycles. The Morgan fingerprint density at radius 2 is 1.74 bits per heavy atom.